The Balaban J connectivity index is 2.65. The highest BCUT2D eigenvalue weighted by Crippen LogP contribution is 2.46. The van der Waals surface area contributed by atoms with Crippen molar-refractivity contribution in [2.45, 2.75) is 25.6 Å². The molecule has 1 aliphatic heterocycles. The summed E-state index contributed by atoms with van der Waals surface area (Å²) in [6.07, 6.45) is 0. The fourth-order valence-electron chi connectivity index (χ4n) is 2.78. The number of fused-ring (bicyclic) bond motifs is 1. The second kappa shape index (κ2) is 7.05. The molecule has 1 aromatic carbocycles. The first-order chi connectivity index (χ1) is 9.63. The van der Waals surface area contributed by atoms with Gasteiger partial charge in [0.1, 0.15) is 11.5 Å². The SMILES string of the molecule is CCNC1c2c(c(OC)cc(Br)c2OC)CSCC1C. The summed E-state index contributed by atoms with van der Waals surface area (Å²) in [4.78, 5) is 0. The van der Waals surface area contributed by atoms with Crippen LogP contribution in [0.4, 0.5) is 0 Å². The number of hydrogen-bond acceptors (Lipinski definition) is 4. The first-order valence-electron chi connectivity index (χ1n) is 6.88. The molecule has 0 bridgehead atoms. The number of thioether (sulfide) groups is 1. The van der Waals surface area contributed by atoms with Gasteiger partial charge in [0.05, 0.1) is 18.7 Å². The molecule has 3 nitrogen and oxygen atoms in total. The summed E-state index contributed by atoms with van der Waals surface area (Å²) in [7, 11) is 3.47. The normalized spacial score (nSPS) is 22.1. The first kappa shape index (κ1) is 16.0. The average molecular weight is 360 g/mol. The molecule has 0 amide bonds. The van der Waals surface area contributed by atoms with Crippen molar-refractivity contribution in [2.75, 3.05) is 26.5 Å². The Labute approximate surface area is 133 Å². The van der Waals surface area contributed by atoms with E-state index in [4.69, 9.17) is 9.47 Å². The fourth-order valence-corrected chi connectivity index (χ4v) is 4.55. The molecule has 0 radical (unpaired) electrons. The largest absolute Gasteiger partial charge is 0.496 e. The van der Waals surface area contributed by atoms with Crippen LogP contribution >= 0.6 is 27.7 Å². The minimum Gasteiger partial charge on any atom is -0.496 e. The Bertz CT molecular complexity index is 481. The summed E-state index contributed by atoms with van der Waals surface area (Å²) in [5.74, 6) is 4.53. The predicted molar refractivity (Wildman–Crippen MR) is 89.0 cm³/mol. The molecule has 2 rings (SSSR count). The van der Waals surface area contributed by atoms with Crippen molar-refractivity contribution in [3.8, 4) is 11.5 Å². The molecule has 2 unspecified atom stereocenters. The molecular weight excluding hydrogens is 338 g/mol. The number of nitrogens with one attached hydrogen (secondary N) is 1. The van der Waals surface area contributed by atoms with Crippen LogP contribution in [0.2, 0.25) is 0 Å². The average Bonchev–Trinajstić information content (AvgIpc) is 2.59. The molecule has 1 heterocycles. The van der Waals surface area contributed by atoms with Gasteiger partial charge >= 0.3 is 0 Å². The van der Waals surface area contributed by atoms with Gasteiger partial charge in [0.15, 0.2) is 0 Å². The van der Waals surface area contributed by atoms with Gasteiger partial charge in [-0.2, -0.15) is 11.8 Å². The van der Waals surface area contributed by atoms with E-state index in [-0.39, 0.29) is 0 Å². The zero-order chi connectivity index (χ0) is 14.7. The van der Waals surface area contributed by atoms with Gasteiger partial charge in [-0.15, -0.1) is 0 Å². The predicted octanol–water partition coefficient (Wildman–Crippen LogP) is 4.00. The smallest absolute Gasteiger partial charge is 0.138 e. The lowest BCUT2D eigenvalue weighted by Crippen LogP contribution is -2.28. The Hall–Kier alpha value is -0.390. The number of methoxy groups -OCH3 is 2. The van der Waals surface area contributed by atoms with Gasteiger partial charge in [0.25, 0.3) is 0 Å². The van der Waals surface area contributed by atoms with Crippen molar-refractivity contribution >= 4 is 27.7 Å². The van der Waals surface area contributed by atoms with Gasteiger partial charge in [0, 0.05) is 22.9 Å². The van der Waals surface area contributed by atoms with E-state index in [1.165, 1.54) is 11.1 Å². The molecule has 20 heavy (non-hydrogen) atoms. The van der Waals surface area contributed by atoms with Crippen LogP contribution in [-0.2, 0) is 5.75 Å². The third-order valence-corrected chi connectivity index (χ3v) is 5.54. The van der Waals surface area contributed by atoms with Crippen molar-refractivity contribution in [3.63, 3.8) is 0 Å². The maximum atomic E-state index is 5.67. The van der Waals surface area contributed by atoms with Crippen LogP contribution < -0.4 is 14.8 Å². The van der Waals surface area contributed by atoms with Gasteiger partial charge in [-0.25, -0.2) is 0 Å². The molecule has 112 valence electrons. The molecule has 0 saturated carbocycles. The third kappa shape index (κ3) is 2.95. The second-order valence-corrected chi connectivity index (χ2v) is 6.90. The van der Waals surface area contributed by atoms with E-state index in [9.17, 15) is 0 Å². The minimum atomic E-state index is 0.298. The molecule has 1 aliphatic rings. The number of benzene rings is 1. The summed E-state index contributed by atoms with van der Waals surface area (Å²) < 4.78 is 12.2. The molecule has 0 fully saturated rings. The zero-order valence-corrected chi connectivity index (χ0v) is 14.9. The van der Waals surface area contributed by atoms with Gasteiger partial charge in [-0.05, 0) is 40.2 Å². The summed E-state index contributed by atoms with van der Waals surface area (Å²) in [6, 6.07) is 2.31. The quantitative estimate of drug-likeness (QED) is 0.879. The molecule has 0 aromatic heterocycles. The van der Waals surface area contributed by atoms with Crippen LogP contribution in [0, 0.1) is 5.92 Å². The lowest BCUT2D eigenvalue weighted by atomic mass is 9.91. The fraction of sp³-hybridized carbons (Fsp3) is 0.600. The van der Waals surface area contributed by atoms with Crippen molar-refractivity contribution in [1.82, 2.24) is 5.32 Å². The maximum Gasteiger partial charge on any atom is 0.138 e. The maximum absolute atomic E-state index is 5.67. The summed E-state index contributed by atoms with van der Waals surface area (Å²) >= 11 is 5.57. The molecule has 5 heteroatoms. The minimum absolute atomic E-state index is 0.298. The van der Waals surface area contributed by atoms with Gasteiger partial charge < -0.3 is 14.8 Å². The van der Waals surface area contributed by atoms with Gasteiger partial charge in [0.2, 0.25) is 0 Å². The van der Waals surface area contributed by atoms with E-state index in [0.29, 0.717) is 12.0 Å². The number of ether oxygens (including phenoxy) is 2. The molecular formula is C15H22BrNO2S. The number of halogens is 1. The van der Waals surface area contributed by atoms with Crippen LogP contribution in [0.15, 0.2) is 10.5 Å². The monoisotopic (exact) mass is 359 g/mol. The molecule has 0 spiro atoms. The van der Waals surface area contributed by atoms with E-state index in [1.807, 2.05) is 17.8 Å². The first-order valence-corrected chi connectivity index (χ1v) is 8.83. The van der Waals surface area contributed by atoms with Crippen LogP contribution in [0.3, 0.4) is 0 Å². The van der Waals surface area contributed by atoms with E-state index in [1.54, 1.807) is 14.2 Å². The van der Waals surface area contributed by atoms with E-state index in [0.717, 1.165) is 34.0 Å². The summed E-state index contributed by atoms with van der Waals surface area (Å²) in [5.41, 5.74) is 2.51. The molecule has 1 aromatic rings. The Kier molecular flexibility index (Phi) is 5.64. The van der Waals surface area contributed by atoms with E-state index in [2.05, 4.69) is 35.1 Å². The van der Waals surface area contributed by atoms with Crippen LogP contribution in [0.1, 0.15) is 31.0 Å². The molecule has 0 saturated heterocycles. The molecule has 0 aliphatic carbocycles. The highest BCUT2D eigenvalue weighted by atomic mass is 79.9. The van der Waals surface area contributed by atoms with Crippen molar-refractivity contribution in [3.05, 3.63) is 21.7 Å². The van der Waals surface area contributed by atoms with Crippen molar-refractivity contribution in [2.24, 2.45) is 5.92 Å². The van der Waals surface area contributed by atoms with Gasteiger partial charge in [-0.3, -0.25) is 0 Å². The molecule has 2 atom stereocenters. The lowest BCUT2D eigenvalue weighted by Gasteiger charge is -2.27. The van der Waals surface area contributed by atoms with Crippen molar-refractivity contribution < 1.29 is 9.47 Å². The van der Waals surface area contributed by atoms with Crippen LogP contribution in [0.25, 0.3) is 0 Å². The lowest BCUT2D eigenvalue weighted by molar-refractivity contribution is 0.366. The Morgan fingerprint density at radius 3 is 2.75 bits per heavy atom. The standard InChI is InChI=1S/C15H22BrNO2S/c1-5-17-14-9(2)7-20-8-10-12(18-3)6-11(16)15(19-4)13(10)14/h6,9,14,17H,5,7-8H2,1-4H3. The van der Waals surface area contributed by atoms with Crippen LogP contribution in [0.5, 0.6) is 11.5 Å². The van der Waals surface area contributed by atoms with Crippen molar-refractivity contribution in [1.29, 1.82) is 0 Å². The second-order valence-electron chi connectivity index (χ2n) is 5.01. The topological polar surface area (TPSA) is 30.5 Å². The zero-order valence-electron chi connectivity index (χ0n) is 12.5. The van der Waals surface area contributed by atoms with Crippen LogP contribution in [-0.4, -0.2) is 26.5 Å². The Morgan fingerprint density at radius 1 is 1.40 bits per heavy atom. The highest BCUT2D eigenvalue weighted by molar-refractivity contribution is 9.10. The van der Waals surface area contributed by atoms with Gasteiger partial charge in [-0.1, -0.05) is 13.8 Å². The highest BCUT2D eigenvalue weighted by Gasteiger charge is 2.31. The number of hydrogen-bond donors (Lipinski definition) is 1. The third-order valence-electron chi connectivity index (χ3n) is 3.70. The Morgan fingerprint density at radius 2 is 2.15 bits per heavy atom. The number of rotatable bonds is 4. The molecule has 1 N–H and O–H groups in total. The summed E-state index contributed by atoms with van der Waals surface area (Å²) in [5, 5.41) is 3.61. The van der Waals surface area contributed by atoms with E-state index < -0.39 is 0 Å². The van der Waals surface area contributed by atoms with E-state index >= 15 is 0 Å². The summed E-state index contributed by atoms with van der Waals surface area (Å²) in [6.45, 7) is 5.38.